The van der Waals surface area contributed by atoms with Crippen LogP contribution in [0.2, 0.25) is 0 Å². The Balaban J connectivity index is 2.63. The Morgan fingerprint density at radius 2 is 1.88 bits per heavy atom. The highest BCUT2D eigenvalue weighted by Crippen LogP contribution is 2.22. The molecule has 0 aromatic carbocycles. The van der Waals surface area contributed by atoms with Crippen molar-refractivity contribution < 1.29 is 9.53 Å². The van der Waals surface area contributed by atoms with Gasteiger partial charge in [0.05, 0.1) is 6.61 Å². The monoisotopic (exact) mass is 456 g/mol. The second kappa shape index (κ2) is 11.3. The van der Waals surface area contributed by atoms with Gasteiger partial charge in [0, 0.05) is 38.1 Å². The Morgan fingerprint density at radius 1 is 1.24 bits per heavy atom. The summed E-state index contributed by atoms with van der Waals surface area (Å²) in [5.74, 6) is -0.831. The smallest absolute Gasteiger partial charge is 0.330 e. The Kier molecular flexibility index (Phi) is 8.82. The van der Waals surface area contributed by atoms with E-state index in [1.807, 2.05) is 32.9 Å². The van der Waals surface area contributed by atoms with Crippen molar-refractivity contribution in [3.05, 3.63) is 49.4 Å². The first-order chi connectivity index (χ1) is 15.7. The van der Waals surface area contributed by atoms with Crippen molar-refractivity contribution in [3.63, 3.8) is 0 Å². The van der Waals surface area contributed by atoms with E-state index in [0.717, 1.165) is 34.8 Å². The molecule has 0 saturated carbocycles. The molecule has 1 amide bonds. The first kappa shape index (κ1) is 25.7. The molecular weight excluding hydrogens is 424 g/mol. The zero-order chi connectivity index (χ0) is 24.7. The number of H-pyrrole nitrogens is 1. The summed E-state index contributed by atoms with van der Waals surface area (Å²) in [6.07, 6.45) is 3.06. The highest BCUT2D eigenvalue weighted by Gasteiger charge is 2.27. The first-order valence-electron chi connectivity index (χ1n) is 10.9. The molecule has 33 heavy (non-hydrogen) atoms. The highest BCUT2D eigenvalue weighted by atomic mass is 16.5. The van der Waals surface area contributed by atoms with Crippen LogP contribution in [0, 0.1) is 25.2 Å². The summed E-state index contributed by atoms with van der Waals surface area (Å²) in [5.41, 5.74) is 7.08. The number of amides is 1. The fourth-order valence-corrected chi connectivity index (χ4v) is 3.77. The maximum absolute atomic E-state index is 13.4. The van der Waals surface area contributed by atoms with Gasteiger partial charge in [-0.1, -0.05) is 13.8 Å². The number of nitrogens with two attached hydrogens (primary N) is 1. The van der Waals surface area contributed by atoms with Crippen LogP contribution in [-0.4, -0.2) is 40.3 Å². The fourth-order valence-electron chi connectivity index (χ4n) is 3.77. The Bertz CT molecular complexity index is 1200. The number of aromatic amines is 1. The van der Waals surface area contributed by atoms with E-state index in [9.17, 15) is 19.6 Å². The predicted molar refractivity (Wildman–Crippen MR) is 128 cm³/mol. The molecule has 0 aliphatic carbocycles. The Morgan fingerprint density at radius 3 is 2.45 bits per heavy atom. The minimum absolute atomic E-state index is 0.0270. The average molecular weight is 457 g/mol. The van der Waals surface area contributed by atoms with Gasteiger partial charge in [-0.05, 0) is 44.4 Å². The number of nitriles is 1. The number of nitrogens with one attached hydrogen (secondary N) is 1. The van der Waals surface area contributed by atoms with Crippen molar-refractivity contribution >= 4 is 23.5 Å². The number of carbonyl (C=O) groups excluding carboxylic acids is 1. The summed E-state index contributed by atoms with van der Waals surface area (Å²) >= 11 is 0. The summed E-state index contributed by atoms with van der Waals surface area (Å²) in [6.45, 7) is 9.00. The summed E-state index contributed by atoms with van der Waals surface area (Å²) in [7, 11) is 1.46. The topological polar surface area (TPSA) is 139 Å². The molecule has 0 radical (unpaired) electrons. The fraction of sp³-hybridized carbons (Fsp3) is 0.478. The third-order valence-electron chi connectivity index (χ3n) is 5.41. The minimum Gasteiger partial charge on any atom is -0.383 e. The molecule has 0 unspecified atom stereocenters. The number of carbonyl (C=O) groups is 1. The number of hydrogen-bond acceptors (Lipinski definition) is 6. The summed E-state index contributed by atoms with van der Waals surface area (Å²) < 4.78 is 8.43. The number of ether oxygens (including phenoxy) is 1. The normalized spacial score (nSPS) is 11.5. The molecule has 0 saturated heterocycles. The maximum atomic E-state index is 13.4. The molecule has 0 atom stereocenters. The van der Waals surface area contributed by atoms with Gasteiger partial charge in [0.2, 0.25) is 0 Å². The van der Waals surface area contributed by atoms with E-state index in [1.165, 1.54) is 17.8 Å². The van der Waals surface area contributed by atoms with Crippen LogP contribution in [-0.2, 0) is 22.6 Å². The van der Waals surface area contributed by atoms with E-state index in [4.69, 9.17) is 10.5 Å². The van der Waals surface area contributed by atoms with E-state index in [1.54, 1.807) is 0 Å². The predicted octanol–water partition coefficient (Wildman–Crippen LogP) is 1.94. The summed E-state index contributed by atoms with van der Waals surface area (Å²) in [4.78, 5) is 41.6. The molecule has 2 heterocycles. The summed E-state index contributed by atoms with van der Waals surface area (Å²) in [5, 5.41) is 9.79. The lowest BCUT2D eigenvalue weighted by molar-refractivity contribution is -0.114. The lowest BCUT2D eigenvalue weighted by Gasteiger charge is -2.24. The number of rotatable bonds is 10. The van der Waals surface area contributed by atoms with Crippen LogP contribution in [0.1, 0.15) is 43.6 Å². The number of hydrogen-bond donors (Lipinski definition) is 2. The molecule has 0 bridgehead atoms. The van der Waals surface area contributed by atoms with Gasteiger partial charge in [0.25, 0.3) is 11.5 Å². The van der Waals surface area contributed by atoms with Crippen molar-refractivity contribution in [2.45, 2.75) is 53.6 Å². The molecule has 0 fully saturated rings. The highest BCUT2D eigenvalue weighted by molar-refractivity contribution is 6.12. The maximum Gasteiger partial charge on any atom is 0.330 e. The molecule has 0 aliphatic rings. The van der Waals surface area contributed by atoms with E-state index >= 15 is 0 Å². The molecule has 2 rings (SSSR count). The van der Waals surface area contributed by atoms with Crippen LogP contribution in [0.4, 0.5) is 11.5 Å². The minimum atomic E-state index is -0.798. The van der Waals surface area contributed by atoms with Crippen molar-refractivity contribution in [1.29, 1.82) is 5.26 Å². The lowest BCUT2D eigenvalue weighted by Crippen LogP contribution is -2.43. The number of aryl methyl sites for hydroxylation is 1. The van der Waals surface area contributed by atoms with E-state index < -0.39 is 17.2 Å². The Labute approximate surface area is 192 Å². The van der Waals surface area contributed by atoms with Crippen molar-refractivity contribution in [2.24, 2.45) is 0 Å². The molecule has 2 aromatic rings. The van der Waals surface area contributed by atoms with Crippen LogP contribution in [0.5, 0.6) is 0 Å². The van der Waals surface area contributed by atoms with Crippen molar-refractivity contribution in [1.82, 2.24) is 14.1 Å². The second-order valence-corrected chi connectivity index (χ2v) is 7.74. The third-order valence-corrected chi connectivity index (χ3v) is 5.41. The van der Waals surface area contributed by atoms with Crippen molar-refractivity contribution in [3.8, 4) is 6.07 Å². The van der Waals surface area contributed by atoms with Gasteiger partial charge >= 0.3 is 5.69 Å². The van der Waals surface area contributed by atoms with E-state index in [2.05, 4.69) is 16.5 Å². The van der Waals surface area contributed by atoms with Crippen molar-refractivity contribution in [2.75, 3.05) is 30.9 Å². The van der Waals surface area contributed by atoms with Gasteiger partial charge in [-0.3, -0.25) is 24.0 Å². The quantitative estimate of drug-likeness (QED) is 0.414. The average Bonchev–Trinajstić information content (AvgIpc) is 3.04. The molecule has 0 spiro atoms. The van der Waals surface area contributed by atoms with E-state index in [-0.39, 0.29) is 36.8 Å². The van der Waals surface area contributed by atoms with E-state index in [0.29, 0.717) is 6.42 Å². The van der Waals surface area contributed by atoms with Crippen LogP contribution >= 0.6 is 0 Å². The number of methoxy groups -OCH3 is 1. The largest absolute Gasteiger partial charge is 0.383 e. The van der Waals surface area contributed by atoms with Crippen LogP contribution in [0.3, 0.4) is 0 Å². The van der Waals surface area contributed by atoms with Gasteiger partial charge in [0.15, 0.2) is 5.69 Å². The van der Waals surface area contributed by atoms with Gasteiger partial charge in [0.1, 0.15) is 17.5 Å². The third kappa shape index (κ3) is 5.43. The molecule has 0 aliphatic heterocycles. The molecule has 10 heteroatoms. The number of nitrogens with zero attached hydrogens (tertiary/aromatic N) is 4. The van der Waals surface area contributed by atoms with Gasteiger partial charge < -0.3 is 15.0 Å². The molecule has 2 aromatic heterocycles. The zero-order valence-electron chi connectivity index (χ0n) is 19.9. The van der Waals surface area contributed by atoms with Gasteiger partial charge in [-0.25, -0.2) is 4.79 Å². The first-order valence-corrected chi connectivity index (χ1v) is 10.9. The van der Waals surface area contributed by atoms with Crippen LogP contribution in [0.25, 0.3) is 6.08 Å². The van der Waals surface area contributed by atoms with Crippen LogP contribution in [0.15, 0.2) is 21.2 Å². The zero-order valence-corrected chi connectivity index (χ0v) is 19.9. The second-order valence-electron chi connectivity index (χ2n) is 7.74. The number of nitrogen functional groups attached to an aromatic ring is 1. The van der Waals surface area contributed by atoms with Crippen LogP contribution < -0.4 is 21.9 Å². The Hall–Kier alpha value is -3.58. The molecule has 178 valence electrons. The standard InChI is InChI=1S/C23H32N6O4/c1-6-8-27-15(3)12-17(16(27)4)13-18(14-24)22(31)28(10-11-33-5)19-20(25)29(9-7-2)23(32)26-21(19)30/h12-13H,6-11,25H2,1-5H3,(H,26,30,32)/b18-13-. The SMILES string of the molecule is CCCn1c(C)cc(/C=C(/C#N)C(=O)N(CCOC)c2c(N)n(CCC)c(=O)[nH]c2=O)c1C. The summed E-state index contributed by atoms with van der Waals surface area (Å²) in [6, 6.07) is 3.87. The number of anilines is 2. The van der Waals surface area contributed by atoms with Gasteiger partial charge in [-0.15, -0.1) is 0 Å². The molecular formula is C23H32N6O4. The van der Waals surface area contributed by atoms with Gasteiger partial charge in [-0.2, -0.15) is 5.26 Å². The lowest BCUT2D eigenvalue weighted by atomic mass is 10.1. The number of aromatic nitrogens is 3. The molecule has 3 N–H and O–H groups in total. The molecule has 10 nitrogen and oxygen atoms in total.